The molecule has 258 valence electrons. The highest BCUT2D eigenvalue weighted by Crippen LogP contribution is 2.56. The number of hydrogen-bond donors (Lipinski definition) is 0. The highest BCUT2D eigenvalue weighted by Gasteiger charge is 2.46. The van der Waals surface area contributed by atoms with Crippen molar-refractivity contribution in [2.45, 2.75) is 5.41 Å². The molecule has 54 heavy (non-hydrogen) atoms. The molecule has 10 rings (SSSR count). The van der Waals surface area contributed by atoms with E-state index in [2.05, 4.69) is 103 Å². The molecule has 0 amide bonds. The third kappa shape index (κ3) is 5.08. The lowest BCUT2D eigenvalue weighted by Crippen LogP contribution is -2.29. The molecule has 9 aromatic rings. The number of furan rings is 1. The second kappa shape index (κ2) is 12.3. The zero-order valence-corrected chi connectivity index (χ0v) is 30.7. The van der Waals surface area contributed by atoms with Gasteiger partial charge in [0.1, 0.15) is 18.3 Å². The van der Waals surface area contributed by atoms with Gasteiger partial charge in [-0.2, -0.15) is 0 Å². The molecule has 7 aromatic carbocycles. The summed E-state index contributed by atoms with van der Waals surface area (Å²) in [5.41, 5.74) is 10.4. The number of fused-ring (bicyclic) bond motifs is 6. The van der Waals surface area contributed by atoms with Gasteiger partial charge in [-0.1, -0.05) is 140 Å². The van der Waals surface area contributed by atoms with Crippen molar-refractivity contribution < 1.29 is 8.98 Å². The number of aromatic nitrogens is 3. The van der Waals surface area contributed by atoms with Crippen LogP contribution >= 0.6 is 7.14 Å². The molecule has 1 aliphatic carbocycles. The summed E-state index contributed by atoms with van der Waals surface area (Å²) in [6, 6.07) is 58.5. The minimum Gasteiger partial charge on any atom is -0.456 e. The summed E-state index contributed by atoms with van der Waals surface area (Å²) in [5.74, 6) is 1.72. The van der Waals surface area contributed by atoms with Crippen LogP contribution in [0.2, 0.25) is 0 Å². The first kappa shape index (κ1) is 32.2. The highest BCUT2D eigenvalue weighted by molar-refractivity contribution is 7.70. The monoisotopic (exact) mass is 715 g/mol. The van der Waals surface area contributed by atoms with E-state index in [4.69, 9.17) is 19.4 Å². The van der Waals surface area contributed by atoms with Crippen molar-refractivity contribution in [1.82, 2.24) is 15.0 Å². The molecule has 0 radical (unpaired) electrons. The molecule has 0 spiro atoms. The SMILES string of the molecule is CP(C)(=O)c1cccc(C2(c3cccc(-c4nc(-c5ccccc5)nc(-c5ccc6c(c5)oc5ccccc56)n4)c3)c3ccccc3-c3ccccc32)c1. The molecule has 2 aromatic heterocycles. The van der Waals surface area contributed by atoms with Crippen LogP contribution in [0.3, 0.4) is 0 Å². The van der Waals surface area contributed by atoms with Crippen LogP contribution in [0.5, 0.6) is 0 Å². The van der Waals surface area contributed by atoms with Gasteiger partial charge in [-0.3, -0.25) is 0 Å². The Hall–Kier alpha value is -6.42. The van der Waals surface area contributed by atoms with Crippen LogP contribution in [0.15, 0.2) is 174 Å². The highest BCUT2D eigenvalue weighted by atomic mass is 31.2. The molecule has 0 saturated carbocycles. The Kier molecular flexibility index (Phi) is 7.37. The van der Waals surface area contributed by atoms with Crippen molar-refractivity contribution >= 4 is 34.4 Å². The summed E-state index contributed by atoms with van der Waals surface area (Å²) in [5, 5.41) is 2.98. The standard InChI is InChI=1S/C48H34N3O2P/c1-54(2,52)36-19-13-18-35(30-36)48(41-23-9-6-20-37(41)38-21-7-10-24-42(38)48)34-17-12-16-32(28-34)46-49-45(31-14-4-3-5-15-31)50-47(51-46)33-26-27-40-39-22-8-11-25-43(39)53-44(40)29-33/h3-30H,1-2H3. The second-order valence-electron chi connectivity index (χ2n) is 14.3. The van der Waals surface area contributed by atoms with Gasteiger partial charge < -0.3 is 8.98 Å². The lowest BCUT2D eigenvalue weighted by atomic mass is 9.67. The van der Waals surface area contributed by atoms with Gasteiger partial charge in [0, 0.05) is 32.8 Å². The Morgan fingerprint density at radius 1 is 0.463 bits per heavy atom. The minimum absolute atomic E-state index is 0.562. The molecule has 0 N–H and O–H groups in total. The van der Waals surface area contributed by atoms with Crippen molar-refractivity contribution in [3.63, 3.8) is 0 Å². The van der Waals surface area contributed by atoms with Gasteiger partial charge in [0.05, 0.1) is 5.41 Å². The smallest absolute Gasteiger partial charge is 0.164 e. The normalized spacial score (nSPS) is 13.2. The maximum Gasteiger partial charge on any atom is 0.164 e. The fourth-order valence-electron chi connectivity index (χ4n) is 8.20. The van der Waals surface area contributed by atoms with Crippen molar-refractivity contribution in [3.8, 4) is 45.3 Å². The van der Waals surface area contributed by atoms with Crippen LogP contribution in [-0.4, -0.2) is 28.3 Å². The quantitative estimate of drug-likeness (QED) is 0.160. The maximum atomic E-state index is 13.5. The average molecular weight is 716 g/mol. The van der Waals surface area contributed by atoms with Gasteiger partial charge in [0.2, 0.25) is 0 Å². The molecule has 2 heterocycles. The van der Waals surface area contributed by atoms with Gasteiger partial charge in [-0.25, -0.2) is 15.0 Å². The van der Waals surface area contributed by atoms with Crippen LogP contribution in [-0.2, 0) is 9.98 Å². The van der Waals surface area contributed by atoms with E-state index in [0.717, 1.165) is 55.1 Å². The Morgan fingerprint density at radius 3 is 1.70 bits per heavy atom. The van der Waals surface area contributed by atoms with E-state index in [1.54, 1.807) is 0 Å². The van der Waals surface area contributed by atoms with E-state index < -0.39 is 12.6 Å². The van der Waals surface area contributed by atoms with Crippen LogP contribution in [0, 0.1) is 0 Å². The third-order valence-corrected chi connectivity index (χ3v) is 12.2. The molecule has 0 saturated heterocycles. The number of para-hydroxylation sites is 1. The van der Waals surface area contributed by atoms with Crippen molar-refractivity contribution in [1.29, 1.82) is 0 Å². The molecule has 0 bridgehead atoms. The Balaban J connectivity index is 1.21. The summed E-state index contributed by atoms with van der Waals surface area (Å²) in [6.45, 7) is 3.68. The fraction of sp³-hybridized carbons (Fsp3) is 0.0625. The molecule has 1 aliphatic rings. The summed E-state index contributed by atoms with van der Waals surface area (Å²) in [4.78, 5) is 15.3. The largest absolute Gasteiger partial charge is 0.456 e. The maximum absolute atomic E-state index is 13.5. The van der Waals surface area contributed by atoms with E-state index >= 15 is 0 Å². The number of nitrogens with zero attached hydrogens (tertiary/aromatic N) is 3. The lowest BCUT2D eigenvalue weighted by molar-refractivity contribution is 0.588. The minimum atomic E-state index is -2.56. The molecule has 0 atom stereocenters. The van der Waals surface area contributed by atoms with Crippen molar-refractivity contribution in [2.75, 3.05) is 13.3 Å². The van der Waals surface area contributed by atoms with E-state index in [9.17, 15) is 4.57 Å². The Morgan fingerprint density at radius 2 is 1.00 bits per heavy atom. The number of hydrogen-bond acceptors (Lipinski definition) is 5. The van der Waals surface area contributed by atoms with Gasteiger partial charge >= 0.3 is 0 Å². The topological polar surface area (TPSA) is 68.9 Å². The van der Waals surface area contributed by atoms with Crippen LogP contribution in [0.25, 0.3) is 67.2 Å². The van der Waals surface area contributed by atoms with Gasteiger partial charge in [-0.15, -0.1) is 0 Å². The van der Waals surface area contributed by atoms with Crippen molar-refractivity contribution in [3.05, 3.63) is 192 Å². The number of rotatable bonds is 6. The van der Waals surface area contributed by atoms with Crippen LogP contribution in [0.1, 0.15) is 22.3 Å². The number of benzene rings is 7. The molecular formula is C48H34N3O2P. The van der Waals surface area contributed by atoms with E-state index in [-0.39, 0.29) is 0 Å². The summed E-state index contributed by atoms with van der Waals surface area (Å²) < 4.78 is 19.8. The fourth-order valence-corrected chi connectivity index (χ4v) is 9.10. The second-order valence-corrected chi connectivity index (χ2v) is 17.5. The van der Waals surface area contributed by atoms with E-state index in [0.29, 0.717) is 17.5 Å². The first-order valence-corrected chi connectivity index (χ1v) is 20.7. The molecule has 0 aliphatic heterocycles. The summed E-state index contributed by atoms with van der Waals surface area (Å²) >= 11 is 0. The van der Waals surface area contributed by atoms with Gasteiger partial charge in [-0.05, 0) is 77.0 Å². The van der Waals surface area contributed by atoms with E-state index in [1.807, 2.05) is 80.1 Å². The molecule has 0 fully saturated rings. The van der Waals surface area contributed by atoms with E-state index in [1.165, 1.54) is 22.3 Å². The van der Waals surface area contributed by atoms with Crippen molar-refractivity contribution in [2.24, 2.45) is 0 Å². The summed E-state index contributed by atoms with van der Waals surface area (Å²) in [6.07, 6.45) is 0. The molecule has 0 unspecified atom stereocenters. The predicted molar refractivity (Wildman–Crippen MR) is 220 cm³/mol. The Bertz CT molecular complexity index is 2920. The van der Waals surface area contributed by atoms with Gasteiger partial charge in [0.25, 0.3) is 0 Å². The van der Waals surface area contributed by atoms with Crippen LogP contribution < -0.4 is 5.30 Å². The molecule has 5 nitrogen and oxygen atoms in total. The first-order valence-electron chi connectivity index (χ1n) is 18.1. The van der Waals surface area contributed by atoms with Crippen LogP contribution in [0.4, 0.5) is 0 Å². The first-order chi connectivity index (χ1) is 26.4. The molecular weight excluding hydrogens is 682 g/mol. The third-order valence-electron chi connectivity index (χ3n) is 10.7. The zero-order chi connectivity index (χ0) is 36.4. The average Bonchev–Trinajstić information content (AvgIpc) is 3.74. The zero-order valence-electron chi connectivity index (χ0n) is 29.8. The lowest BCUT2D eigenvalue weighted by Gasteiger charge is -2.34. The molecule has 6 heteroatoms. The Labute approximate surface area is 313 Å². The summed E-state index contributed by atoms with van der Waals surface area (Å²) in [7, 11) is -2.56. The predicted octanol–water partition coefficient (Wildman–Crippen LogP) is 11.4. The van der Waals surface area contributed by atoms with Gasteiger partial charge in [0.15, 0.2) is 17.5 Å².